The number of hydrogen-bond acceptors (Lipinski definition) is 21. The van der Waals surface area contributed by atoms with Gasteiger partial charge in [0.25, 0.3) is 5.91 Å². The molecule has 0 spiro atoms. The van der Waals surface area contributed by atoms with Crippen molar-refractivity contribution in [2.24, 2.45) is 5.92 Å². The van der Waals surface area contributed by atoms with Crippen LogP contribution in [-0.4, -0.2) is 227 Å². The number of aliphatic carboxylic acids is 1. The van der Waals surface area contributed by atoms with E-state index in [0.29, 0.717) is 0 Å². The van der Waals surface area contributed by atoms with Crippen molar-refractivity contribution in [1.29, 1.82) is 0 Å². The molecule has 5 rings (SSSR count). The average molecular weight is 854 g/mol. The van der Waals surface area contributed by atoms with Crippen molar-refractivity contribution in [1.82, 2.24) is 5.32 Å². The van der Waals surface area contributed by atoms with E-state index in [1.165, 1.54) is 0 Å². The molecule has 0 radical (unpaired) electrons. The monoisotopic (exact) mass is 853 g/mol. The van der Waals surface area contributed by atoms with Crippen molar-refractivity contribution in [3.05, 3.63) is 35.9 Å². The topological polar surface area (TPSA) is 374 Å². The number of aliphatic hydroxyl groups is 12. The molecule has 1 amide bonds. The van der Waals surface area contributed by atoms with Gasteiger partial charge in [0, 0.05) is 0 Å². The lowest BCUT2D eigenvalue weighted by molar-refractivity contribution is -0.362. The van der Waals surface area contributed by atoms with Crippen LogP contribution in [0, 0.1) is 5.92 Å². The molecular weight excluding hydrogens is 798 g/mol. The fourth-order valence-corrected chi connectivity index (χ4v) is 7.35. The molecule has 4 heterocycles. The van der Waals surface area contributed by atoms with Gasteiger partial charge in [0.15, 0.2) is 31.1 Å². The van der Waals surface area contributed by atoms with E-state index in [1.54, 1.807) is 44.2 Å². The highest BCUT2D eigenvalue weighted by atomic mass is 16.7. The Labute approximate surface area is 336 Å². The Hall–Kier alpha value is -2.60. The van der Waals surface area contributed by atoms with Gasteiger partial charge in [-0.2, -0.15) is 0 Å². The Morgan fingerprint density at radius 2 is 1.19 bits per heavy atom. The summed E-state index contributed by atoms with van der Waals surface area (Å²) in [5.41, 5.74) is 0.758. The van der Waals surface area contributed by atoms with Crippen molar-refractivity contribution in [3.8, 4) is 0 Å². The standard InChI is InChI=1S/C36H55NO22/c1-12(2)27-25(48)28(56-36-24(47)20(43)22(45)31(59-36)33(51)52)18(41)16(54-27)11-53-34-26(49)29(17(40)15(10-39)55-34)57-35-23(46)19(42)21(44)30(58-35)32(50)37-14(9-38)8-13-6-4-3-5-7-13/h3-7,12,14-31,34-36,38-49H,8-11H2,1-2H3,(H,37,50)(H,51,52)/t14-,15?,16?,17?,18?,19?,20?,21?,22?,23?,24?,25?,26?,27?,28?,29?,30?,31?,34?,35?,36?/m0/s1. The summed E-state index contributed by atoms with van der Waals surface area (Å²) < 4.78 is 39.2. The highest BCUT2D eigenvalue weighted by Gasteiger charge is 2.55. The van der Waals surface area contributed by atoms with E-state index < -0.39 is 166 Å². The number of benzene rings is 1. The lowest BCUT2D eigenvalue weighted by Gasteiger charge is -2.48. The summed E-state index contributed by atoms with van der Waals surface area (Å²) in [4.78, 5) is 24.9. The zero-order valence-electron chi connectivity index (χ0n) is 31.9. The highest BCUT2D eigenvalue weighted by Crippen LogP contribution is 2.34. The normalized spacial score (nSPS) is 43.6. The summed E-state index contributed by atoms with van der Waals surface area (Å²) in [6.45, 7) is 1.18. The van der Waals surface area contributed by atoms with Gasteiger partial charge in [0.1, 0.15) is 85.5 Å². The molecule has 4 fully saturated rings. The summed E-state index contributed by atoms with van der Waals surface area (Å²) in [6.07, 6.45) is -36.9. The number of carboxylic acids is 1. The number of carboxylic acid groups (broad SMARTS) is 1. The van der Waals surface area contributed by atoms with E-state index in [-0.39, 0.29) is 6.42 Å². The smallest absolute Gasteiger partial charge is 0.335 e. The van der Waals surface area contributed by atoms with E-state index in [4.69, 9.17) is 33.2 Å². The Balaban J connectivity index is 1.27. The van der Waals surface area contributed by atoms with E-state index in [9.17, 15) is 76.0 Å². The van der Waals surface area contributed by atoms with Crippen molar-refractivity contribution >= 4 is 11.9 Å². The van der Waals surface area contributed by atoms with E-state index >= 15 is 0 Å². The minimum Gasteiger partial charge on any atom is -0.479 e. The van der Waals surface area contributed by atoms with E-state index in [2.05, 4.69) is 5.32 Å². The number of carbonyl (C=O) groups is 2. The third-order valence-electron chi connectivity index (χ3n) is 10.7. The second-order valence-corrected chi connectivity index (χ2v) is 15.3. The summed E-state index contributed by atoms with van der Waals surface area (Å²) in [7, 11) is 0. The number of ether oxygens (including phenoxy) is 7. The zero-order valence-corrected chi connectivity index (χ0v) is 31.9. The molecule has 4 saturated heterocycles. The van der Waals surface area contributed by atoms with E-state index in [1.807, 2.05) is 0 Å². The van der Waals surface area contributed by atoms with Crippen molar-refractivity contribution in [2.45, 2.75) is 149 Å². The second-order valence-electron chi connectivity index (χ2n) is 15.3. The molecule has 336 valence electrons. The van der Waals surface area contributed by atoms with Crippen LogP contribution >= 0.6 is 0 Å². The third kappa shape index (κ3) is 10.5. The molecular formula is C36H55NO22. The predicted octanol–water partition coefficient (Wildman–Crippen LogP) is -7.22. The molecule has 59 heavy (non-hydrogen) atoms. The van der Waals surface area contributed by atoms with E-state index in [0.717, 1.165) is 5.56 Å². The number of nitrogens with one attached hydrogen (secondary N) is 1. The van der Waals surface area contributed by atoms with Crippen LogP contribution in [0.15, 0.2) is 30.3 Å². The summed E-state index contributed by atoms with van der Waals surface area (Å²) in [5, 5.41) is 139. The first kappa shape index (κ1) is 47.4. The molecule has 0 aromatic heterocycles. The summed E-state index contributed by atoms with van der Waals surface area (Å²) in [5.74, 6) is -3.19. The van der Waals surface area contributed by atoms with Crippen LogP contribution in [0.4, 0.5) is 0 Å². The first-order chi connectivity index (χ1) is 27.9. The molecule has 20 unspecified atom stereocenters. The number of rotatable bonds is 15. The quantitative estimate of drug-likeness (QED) is 0.0779. The van der Waals surface area contributed by atoms with Crippen LogP contribution in [-0.2, 0) is 49.2 Å². The largest absolute Gasteiger partial charge is 0.479 e. The maximum atomic E-state index is 13.3. The molecule has 1 aromatic rings. The number of carbonyl (C=O) groups excluding carboxylic acids is 1. The Kier molecular flexibility index (Phi) is 16.5. The van der Waals surface area contributed by atoms with Gasteiger partial charge in [-0.1, -0.05) is 44.2 Å². The first-order valence-electron chi connectivity index (χ1n) is 19.0. The highest BCUT2D eigenvalue weighted by molar-refractivity contribution is 5.82. The number of amides is 1. The SMILES string of the molecule is CC(C)C1OC(COC2OC(CO)C(O)C(OC3OC(C(=O)N[C@H](CO)Cc4ccccc4)C(O)C(O)C3O)C2O)C(O)C(OC2OC(C(=O)O)C(O)C(O)C2O)C1O. The Morgan fingerprint density at radius 1 is 0.644 bits per heavy atom. The third-order valence-corrected chi connectivity index (χ3v) is 10.7. The van der Waals surface area contributed by atoms with Gasteiger partial charge in [-0.25, -0.2) is 4.79 Å². The van der Waals surface area contributed by atoms with Gasteiger partial charge < -0.3 is 105 Å². The van der Waals surface area contributed by atoms with Crippen molar-refractivity contribution in [3.63, 3.8) is 0 Å². The summed E-state index contributed by atoms with van der Waals surface area (Å²) >= 11 is 0. The Morgan fingerprint density at radius 3 is 1.73 bits per heavy atom. The molecule has 0 aliphatic carbocycles. The second kappa shape index (κ2) is 20.5. The molecule has 4 aliphatic rings. The van der Waals surface area contributed by atoms with Gasteiger partial charge in [-0.05, 0) is 17.9 Å². The van der Waals surface area contributed by atoms with Crippen molar-refractivity contribution < 1.29 is 109 Å². The molecule has 23 nitrogen and oxygen atoms in total. The molecule has 14 N–H and O–H groups in total. The molecule has 21 atom stereocenters. The molecule has 1 aromatic carbocycles. The minimum absolute atomic E-state index is 0.178. The average Bonchev–Trinajstić information content (AvgIpc) is 3.20. The van der Waals surface area contributed by atoms with Gasteiger partial charge in [-0.3, -0.25) is 4.79 Å². The molecule has 23 heteroatoms. The minimum atomic E-state index is -2.06. The molecule has 4 aliphatic heterocycles. The lowest BCUT2D eigenvalue weighted by Crippen LogP contribution is -2.67. The molecule has 0 saturated carbocycles. The van der Waals surface area contributed by atoms with Crippen molar-refractivity contribution in [2.75, 3.05) is 19.8 Å². The maximum absolute atomic E-state index is 13.3. The van der Waals surface area contributed by atoms with Gasteiger partial charge >= 0.3 is 5.97 Å². The first-order valence-corrected chi connectivity index (χ1v) is 19.0. The number of aliphatic hydroxyl groups excluding tert-OH is 12. The summed E-state index contributed by atoms with van der Waals surface area (Å²) in [6, 6.07) is 7.93. The van der Waals surface area contributed by atoms with Gasteiger partial charge in [0.05, 0.1) is 32.0 Å². The van der Waals surface area contributed by atoms with Crippen LogP contribution < -0.4 is 5.32 Å². The fourth-order valence-electron chi connectivity index (χ4n) is 7.35. The van der Waals surface area contributed by atoms with Gasteiger partial charge in [-0.15, -0.1) is 0 Å². The predicted molar refractivity (Wildman–Crippen MR) is 189 cm³/mol. The lowest BCUT2D eigenvalue weighted by atomic mass is 9.89. The van der Waals surface area contributed by atoms with Crippen LogP contribution in [0.25, 0.3) is 0 Å². The van der Waals surface area contributed by atoms with Crippen LogP contribution in [0.3, 0.4) is 0 Å². The zero-order chi connectivity index (χ0) is 43.5. The number of hydrogen-bond donors (Lipinski definition) is 14. The van der Waals surface area contributed by atoms with Crippen LogP contribution in [0.1, 0.15) is 19.4 Å². The van der Waals surface area contributed by atoms with Gasteiger partial charge in [0.2, 0.25) is 0 Å². The maximum Gasteiger partial charge on any atom is 0.335 e. The Bertz CT molecular complexity index is 1500. The molecule has 0 bridgehead atoms. The fraction of sp³-hybridized carbons (Fsp3) is 0.778. The van der Waals surface area contributed by atoms with Crippen LogP contribution in [0.5, 0.6) is 0 Å². The van der Waals surface area contributed by atoms with Crippen LogP contribution in [0.2, 0.25) is 0 Å².